The first-order chi connectivity index (χ1) is 11.9. The van der Waals surface area contributed by atoms with E-state index in [9.17, 15) is 0 Å². The smallest absolute Gasteiger partial charge is 0.0546 e. The fourth-order valence-corrected chi connectivity index (χ4v) is 7.02. The van der Waals surface area contributed by atoms with Crippen LogP contribution in [0, 0.1) is 28.1 Å². The van der Waals surface area contributed by atoms with Crippen LogP contribution in [0.4, 0.5) is 0 Å². The van der Waals surface area contributed by atoms with Crippen molar-refractivity contribution in [1.29, 1.82) is 0 Å². The molecule has 2 bridgehead atoms. The van der Waals surface area contributed by atoms with Gasteiger partial charge < -0.3 is 9.47 Å². The number of rotatable bonds is 12. The maximum atomic E-state index is 5.86. The zero-order chi connectivity index (χ0) is 18.6. The summed E-state index contributed by atoms with van der Waals surface area (Å²) in [5, 5.41) is 0. The third kappa shape index (κ3) is 3.55. The Morgan fingerprint density at radius 3 is 2.04 bits per heavy atom. The van der Waals surface area contributed by atoms with E-state index in [2.05, 4.69) is 27.7 Å². The second-order valence-electron chi connectivity index (χ2n) is 9.74. The number of methoxy groups -OCH3 is 2. The zero-order valence-electron chi connectivity index (χ0n) is 18.0. The lowest BCUT2D eigenvalue weighted by Gasteiger charge is -2.75. The highest BCUT2D eigenvalue weighted by Crippen LogP contribution is 2.76. The van der Waals surface area contributed by atoms with E-state index in [1.54, 1.807) is 0 Å². The van der Waals surface area contributed by atoms with Crippen LogP contribution in [0.3, 0.4) is 0 Å². The van der Waals surface area contributed by atoms with Crippen LogP contribution < -0.4 is 0 Å². The molecule has 0 aromatic rings. The number of unbranched alkanes of at least 4 members (excludes halogenated alkanes) is 5. The SMILES string of the molecule is CCCCCCCCC(COC)(COC)C12CC(CCC1C)C2(C)C. The van der Waals surface area contributed by atoms with Gasteiger partial charge in [-0.1, -0.05) is 66.2 Å². The zero-order valence-corrected chi connectivity index (χ0v) is 18.0. The Labute approximate surface area is 157 Å². The van der Waals surface area contributed by atoms with E-state index in [4.69, 9.17) is 9.47 Å². The van der Waals surface area contributed by atoms with Crippen molar-refractivity contribution in [2.24, 2.45) is 28.1 Å². The molecule has 0 saturated heterocycles. The van der Waals surface area contributed by atoms with Crippen LogP contribution in [0.2, 0.25) is 0 Å². The molecule has 3 fully saturated rings. The fourth-order valence-electron chi connectivity index (χ4n) is 7.02. The van der Waals surface area contributed by atoms with Crippen LogP contribution in [0.15, 0.2) is 0 Å². The van der Waals surface area contributed by atoms with Crippen molar-refractivity contribution in [1.82, 2.24) is 0 Å². The summed E-state index contributed by atoms with van der Waals surface area (Å²) >= 11 is 0. The van der Waals surface area contributed by atoms with Gasteiger partial charge in [-0.2, -0.15) is 0 Å². The van der Waals surface area contributed by atoms with E-state index >= 15 is 0 Å². The van der Waals surface area contributed by atoms with Gasteiger partial charge in [0.05, 0.1) is 13.2 Å². The molecule has 0 heterocycles. The van der Waals surface area contributed by atoms with Gasteiger partial charge in [-0.15, -0.1) is 0 Å². The molecule has 0 spiro atoms. The van der Waals surface area contributed by atoms with Gasteiger partial charge in [0.1, 0.15) is 0 Å². The van der Waals surface area contributed by atoms with Crippen LogP contribution >= 0.6 is 0 Å². The second-order valence-corrected chi connectivity index (χ2v) is 9.74. The number of hydrogen-bond acceptors (Lipinski definition) is 2. The lowest BCUT2D eigenvalue weighted by Crippen LogP contribution is -2.70. The molecule has 2 nitrogen and oxygen atoms in total. The lowest BCUT2D eigenvalue weighted by molar-refractivity contribution is -0.286. The average Bonchev–Trinajstić information content (AvgIpc) is 2.57. The van der Waals surface area contributed by atoms with Gasteiger partial charge in [-0.3, -0.25) is 0 Å². The van der Waals surface area contributed by atoms with Crippen molar-refractivity contribution in [3.8, 4) is 0 Å². The van der Waals surface area contributed by atoms with Gasteiger partial charge in [-0.05, 0) is 48.3 Å². The van der Waals surface area contributed by atoms with Crippen LogP contribution in [-0.4, -0.2) is 27.4 Å². The Kier molecular flexibility index (Phi) is 7.42. The fraction of sp³-hybridized carbons (Fsp3) is 1.00. The molecular weight excluding hydrogens is 308 g/mol. The minimum absolute atomic E-state index is 0.182. The van der Waals surface area contributed by atoms with E-state index in [0.29, 0.717) is 10.8 Å². The lowest BCUT2D eigenvalue weighted by atomic mass is 9.30. The van der Waals surface area contributed by atoms with Gasteiger partial charge in [0.2, 0.25) is 0 Å². The quantitative estimate of drug-likeness (QED) is 0.374. The summed E-state index contributed by atoms with van der Waals surface area (Å²) < 4.78 is 11.7. The Morgan fingerprint density at radius 1 is 0.920 bits per heavy atom. The molecule has 0 amide bonds. The molecule has 0 aromatic carbocycles. The van der Waals surface area contributed by atoms with Gasteiger partial charge in [0.15, 0.2) is 0 Å². The van der Waals surface area contributed by atoms with Crippen LogP contribution in [0.25, 0.3) is 0 Å². The predicted octanol–water partition coefficient (Wildman–Crippen LogP) is 6.48. The Balaban J connectivity index is 2.16. The molecule has 2 heteroatoms. The highest BCUT2D eigenvalue weighted by Gasteiger charge is 2.71. The molecule has 0 radical (unpaired) electrons. The van der Waals surface area contributed by atoms with Crippen molar-refractivity contribution < 1.29 is 9.47 Å². The summed E-state index contributed by atoms with van der Waals surface area (Å²) in [7, 11) is 3.78. The molecule has 0 N–H and O–H groups in total. The molecule has 3 saturated carbocycles. The van der Waals surface area contributed by atoms with Gasteiger partial charge in [0, 0.05) is 19.6 Å². The van der Waals surface area contributed by atoms with Crippen LogP contribution in [0.5, 0.6) is 0 Å². The Bertz CT molecular complexity index is 397. The standard InChI is InChI=1S/C23H44O2/c1-7-8-9-10-11-12-15-22(17-24-5,18-25-6)23-16-20(21(23,3)4)14-13-19(23)2/h19-20H,7-18H2,1-6H3. The summed E-state index contributed by atoms with van der Waals surface area (Å²) in [5.74, 6) is 1.68. The second kappa shape index (κ2) is 8.74. The van der Waals surface area contributed by atoms with Gasteiger partial charge >= 0.3 is 0 Å². The largest absolute Gasteiger partial charge is 0.384 e. The molecule has 25 heavy (non-hydrogen) atoms. The number of ether oxygens (including phenoxy) is 2. The summed E-state index contributed by atoms with van der Waals surface area (Å²) in [5.41, 5.74) is 0.989. The summed E-state index contributed by atoms with van der Waals surface area (Å²) in [4.78, 5) is 0. The first-order valence-corrected chi connectivity index (χ1v) is 10.9. The Hall–Kier alpha value is -0.0800. The summed E-state index contributed by atoms with van der Waals surface area (Å²) in [6, 6.07) is 0. The molecule has 3 unspecified atom stereocenters. The number of fused-ring (bicyclic) bond motifs is 2. The molecule has 3 atom stereocenters. The molecule has 3 aliphatic rings. The minimum atomic E-state index is 0.182. The topological polar surface area (TPSA) is 18.5 Å². The van der Waals surface area contributed by atoms with Crippen molar-refractivity contribution in [3.05, 3.63) is 0 Å². The van der Waals surface area contributed by atoms with Crippen LogP contribution in [0.1, 0.15) is 91.9 Å². The molecule has 3 rings (SSSR count). The van der Waals surface area contributed by atoms with Gasteiger partial charge in [-0.25, -0.2) is 0 Å². The third-order valence-corrected chi connectivity index (χ3v) is 8.32. The van der Waals surface area contributed by atoms with Crippen molar-refractivity contribution in [2.45, 2.75) is 91.9 Å². The third-order valence-electron chi connectivity index (χ3n) is 8.32. The summed E-state index contributed by atoms with van der Waals surface area (Å²) in [6.45, 7) is 11.6. The van der Waals surface area contributed by atoms with Crippen LogP contribution in [-0.2, 0) is 9.47 Å². The van der Waals surface area contributed by atoms with E-state index in [0.717, 1.165) is 25.0 Å². The number of hydrogen-bond donors (Lipinski definition) is 0. The van der Waals surface area contributed by atoms with E-state index < -0.39 is 0 Å². The maximum Gasteiger partial charge on any atom is 0.0546 e. The highest BCUT2D eigenvalue weighted by molar-refractivity contribution is 5.19. The predicted molar refractivity (Wildman–Crippen MR) is 107 cm³/mol. The maximum absolute atomic E-state index is 5.86. The van der Waals surface area contributed by atoms with Gasteiger partial charge in [0.25, 0.3) is 0 Å². The van der Waals surface area contributed by atoms with Crippen molar-refractivity contribution in [2.75, 3.05) is 27.4 Å². The highest BCUT2D eigenvalue weighted by atomic mass is 16.5. The molecule has 0 aromatic heterocycles. The molecule has 0 aliphatic heterocycles. The molecule has 148 valence electrons. The molecular formula is C23H44O2. The van der Waals surface area contributed by atoms with Crippen molar-refractivity contribution >= 4 is 0 Å². The first kappa shape index (κ1) is 21.2. The van der Waals surface area contributed by atoms with Crippen molar-refractivity contribution in [3.63, 3.8) is 0 Å². The summed E-state index contributed by atoms with van der Waals surface area (Å²) in [6.07, 6.45) is 13.7. The normalized spacial score (nSPS) is 31.0. The van der Waals surface area contributed by atoms with E-state index in [1.165, 1.54) is 64.2 Å². The molecule has 3 aliphatic carbocycles. The Morgan fingerprint density at radius 2 is 1.52 bits per heavy atom. The van der Waals surface area contributed by atoms with E-state index in [1.807, 2.05) is 14.2 Å². The average molecular weight is 353 g/mol. The minimum Gasteiger partial charge on any atom is -0.384 e. The van der Waals surface area contributed by atoms with E-state index in [-0.39, 0.29) is 5.41 Å². The first-order valence-electron chi connectivity index (χ1n) is 10.9. The monoisotopic (exact) mass is 352 g/mol.